The molecule has 0 unspecified atom stereocenters. The van der Waals surface area contributed by atoms with Crippen molar-refractivity contribution in [1.29, 1.82) is 0 Å². The van der Waals surface area contributed by atoms with Gasteiger partial charge in [-0.05, 0) is 53.6 Å². The number of rotatable bonds is 5. The molecule has 0 radical (unpaired) electrons. The molecule has 0 spiro atoms. The second-order valence-electron chi connectivity index (χ2n) is 7.65. The third-order valence-corrected chi connectivity index (χ3v) is 6.62. The number of fused-ring (bicyclic) bond motifs is 1. The Morgan fingerprint density at radius 2 is 1.93 bits per heavy atom. The average Bonchev–Trinajstić information content (AvgIpc) is 2.91. The van der Waals surface area contributed by atoms with Crippen LogP contribution in [0.25, 0.3) is 11.2 Å². The first kappa shape index (κ1) is 21.1. The summed E-state index contributed by atoms with van der Waals surface area (Å²) >= 11 is 2.33. The first-order valence-corrected chi connectivity index (χ1v) is 11.5. The van der Waals surface area contributed by atoms with E-state index < -0.39 is 0 Å². The number of aryl methyl sites for hydroxylation is 1. The van der Waals surface area contributed by atoms with Crippen LogP contribution in [0, 0.1) is 3.57 Å². The van der Waals surface area contributed by atoms with E-state index in [0.717, 1.165) is 54.1 Å². The summed E-state index contributed by atoms with van der Waals surface area (Å²) in [4.78, 5) is 33.3. The van der Waals surface area contributed by atoms with Crippen LogP contribution >= 0.6 is 22.6 Å². The third-order valence-electron chi connectivity index (χ3n) is 5.57. The summed E-state index contributed by atoms with van der Waals surface area (Å²) in [5.41, 5.74) is 1.51. The Morgan fingerprint density at radius 1 is 1.13 bits per heavy atom. The molecule has 8 nitrogen and oxygen atoms in total. The van der Waals surface area contributed by atoms with Gasteiger partial charge in [0.2, 0.25) is 5.95 Å². The van der Waals surface area contributed by atoms with E-state index in [1.807, 2.05) is 23.6 Å². The Balaban J connectivity index is 1.98. The highest BCUT2D eigenvalue weighted by atomic mass is 127. The molecule has 4 rings (SSSR count). The van der Waals surface area contributed by atoms with Crippen molar-refractivity contribution in [2.45, 2.75) is 32.9 Å². The smallest absolute Gasteiger partial charge is 0.332 e. The van der Waals surface area contributed by atoms with Gasteiger partial charge < -0.3 is 10.2 Å². The third kappa shape index (κ3) is 3.80. The van der Waals surface area contributed by atoms with Gasteiger partial charge >= 0.3 is 5.69 Å². The Labute approximate surface area is 188 Å². The van der Waals surface area contributed by atoms with E-state index in [1.54, 1.807) is 7.05 Å². The summed E-state index contributed by atoms with van der Waals surface area (Å²) in [6.07, 6.45) is 1.72. The summed E-state index contributed by atoms with van der Waals surface area (Å²) in [7, 11) is 1.70. The van der Waals surface area contributed by atoms with Crippen LogP contribution in [0.3, 0.4) is 0 Å². The van der Waals surface area contributed by atoms with E-state index in [1.165, 1.54) is 9.13 Å². The number of anilines is 1. The second kappa shape index (κ2) is 8.93. The first-order valence-electron chi connectivity index (χ1n) is 10.4. The van der Waals surface area contributed by atoms with Crippen LogP contribution in [0.1, 0.15) is 25.3 Å². The zero-order valence-corrected chi connectivity index (χ0v) is 19.6. The fourth-order valence-electron chi connectivity index (χ4n) is 4.01. The van der Waals surface area contributed by atoms with Crippen LogP contribution in [-0.2, 0) is 20.1 Å². The zero-order chi connectivity index (χ0) is 21.3. The molecule has 1 fully saturated rings. The normalized spacial score (nSPS) is 15.0. The number of hydrogen-bond acceptors (Lipinski definition) is 5. The lowest BCUT2D eigenvalue weighted by molar-refractivity contribution is 0.590. The van der Waals surface area contributed by atoms with Gasteiger partial charge in [-0.2, -0.15) is 4.98 Å². The van der Waals surface area contributed by atoms with Gasteiger partial charge in [0.25, 0.3) is 5.56 Å². The van der Waals surface area contributed by atoms with Gasteiger partial charge in [-0.15, -0.1) is 0 Å². The quantitative estimate of drug-likeness (QED) is 0.517. The number of aromatic nitrogens is 4. The van der Waals surface area contributed by atoms with Crippen LogP contribution in [0.2, 0.25) is 0 Å². The minimum Gasteiger partial charge on any atom is -0.341 e. The maximum atomic E-state index is 13.4. The van der Waals surface area contributed by atoms with Crippen molar-refractivity contribution < 1.29 is 0 Å². The van der Waals surface area contributed by atoms with Crippen LogP contribution in [0.15, 0.2) is 33.9 Å². The molecule has 1 saturated heterocycles. The molecule has 3 heterocycles. The summed E-state index contributed by atoms with van der Waals surface area (Å²) in [6.45, 7) is 6.41. The molecule has 0 amide bonds. The Bertz CT molecular complexity index is 1170. The lowest BCUT2D eigenvalue weighted by atomic mass is 10.2. The highest BCUT2D eigenvalue weighted by molar-refractivity contribution is 14.1. The molecule has 0 bridgehead atoms. The second-order valence-corrected chi connectivity index (χ2v) is 8.81. The Morgan fingerprint density at radius 3 is 2.70 bits per heavy atom. The molecule has 0 saturated carbocycles. The molecule has 1 aliphatic heterocycles. The van der Waals surface area contributed by atoms with Gasteiger partial charge in [0, 0.05) is 36.8 Å². The van der Waals surface area contributed by atoms with Gasteiger partial charge in [0.1, 0.15) is 0 Å². The van der Waals surface area contributed by atoms with E-state index in [2.05, 4.69) is 44.9 Å². The van der Waals surface area contributed by atoms with E-state index in [0.29, 0.717) is 24.3 Å². The van der Waals surface area contributed by atoms with Crippen molar-refractivity contribution in [3.8, 4) is 0 Å². The predicted molar refractivity (Wildman–Crippen MR) is 127 cm³/mol. The standard InChI is InChI=1S/C21H27IN6O2/c1-3-11-27-19(29)17-18(25(2)21(27)30)24-20(26-12-6-9-23-10-13-26)28(17)14-15-7-4-5-8-16(15)22/h4-5,7-8,23H,3,6,9-14H2,1-2H3. The van der Waals surface area contributed by atoms with Gasteiger partial charge in [0.05, 0.1) is 6.54 Å². The maximum absolute atomic E-state index is 13.4. The average molecular weight is 522 g/mol. The van der Waals surface area contributed by atoms with Crippen molar-refractivity contribution in [1.82, 2.24) is 24.0 Å². The summed E-state index contributed by atoms with van der Waals surface area (Å²) in [5, 5.41) is 3.42. The number of nitrogens with zero attached hydrogens (tertiary/aromatic N) is 5. The number of nitrogens with one attached hydrogen (secondary N) is 1. The molecular formula is C21H27IN6O2. The molecule has 9 heteroatoms. The fourth-order valence-corrected chi connectivity index (χ4v) is 4.57. The highest BCUT2D eigenvalue weighted by Crippen LogP contribution is 2.23. The van der Waals surface area contributed by atoms with Gasteiger partial charge in [0.15, 0.2) is 11.2 Å². The SMILES string of the molecule is CCCn1c(=O)c2c(nc(N3CCCNCC3)n2Cc2ccccc2I)n(C)c1=O. The van der Waals surface area contributed by atoms with Crippen molar-refractivity contribution in [3.05, 3.63) is 54.2 Å². The van der Waals surface area contributed by atoms with Gasteiger partial charge in [-0.25, -0.2) is 4.79 Å². The molecule has 1 aliphatic rings. The van der Waals surface area contributed by atoms with Crippen LogP contribution in [-0.4, -0.2) is 44.9 Å². The van der Waals surface area contributed by atoms with E-state index in [4.69, 9.17) is 4.98 Å². The lowest BCUT2D eigenvalue weighted by Gasteiger charge is -2.22. The Hall–Kier alpha value is -2.14. The van der Waals surface area contributed by atoms with Crippen molar-refractivity contribution in [2.75, 3.05) is 31.1 Å². The molecular weight excluding hydrogens is 495 g/mol. The van der Waals surface area contributed by atoms with Crippen molar-refractivity contribution in [3.63, 3.8) is 0 Å². The zero-order valence-electron chi connectivity index (χ0n) is 17.4. The van der Waals surface area contributed by atoms with E-state index in [9.17, 15) is 9.59 Å². The number of halogens is 1. The lowest BCUT2D eigenvalue weighted by Crippen LogP contribution is -2.39. The van der Waals surface area contributed by atoms with Crippen LogP contribution < -0.4 is 21.5 Å². The fraction of sp³-hybridized carbons (Fsp3) is 0.476. The molecule has 1 N–H and O–H groups in total. The summed E-state index contributed by atoms with van der Waals surface area (Å²) < 4.78 is 5.99. The van der Waals surface area contributed by atoms with Gasteiger partial charge in [-0.3, -0.25) is 18.5 Å². The van der Waals surface area contributed by atoms with Gasteiger partial charge in [-0.1, -0.05) is 25.1 Å². The number of hydrogen-bond donors (Lipinski definition) is 1. The van der Waals surface area contributed by atoms with Crippen LogP contribution in [0.5, 0.6) is 0 Å². The summed E-state index contributed by atoms with van der Waals surface area (Å²) in [5.74, 6) is 0.759. The number of benzene rings is 1. The first-order chi connectivity index (χ1) is 14.5. The predicted octanol–water partition coefficient (Wildman–Crippen LogP) is 1.76. The van der Waals surface area contributed by atoms with Crippen molar-refractivity contribution in [2.24, 2.45) is 7.05 Å². The largest absolute Gasteiger partial charge is 0.341 e. The molecule has 30 heavy (non-hydrogen) atoms. The molecule has 3 aromatic rings. The van der Waals surface area contributed by atoms with Crippen molar-refractivity contribution >= 4 is 39.7 Å². The Kier molecular flexibility index (Phi) is 6.28. The highest BCUT2D eigenvalue weighted by Gasteiger charge is 2.24. The van der Waals surface area contributed by atoms with E-state index in [-0.39, 0.29) is 11.2 Å². The minimum atomic E-state index is -0.308. The topological polar surface area (TPSA) is 77.1 Å². The monoisotopic (exact) mass is 522 g/mol. The maximum Gasteiger partial charge on any atom is 0.332 e. The van der Waals surface area contributed by atoms with E-state index >= 15 is 0 Å². The summed E-state index contributed by atoms with van der Waals surface area (Å²) in [6, 6.07) is 8.16. The molecule has 1 aromatic carbocycles. The molecule has 0 atom stereocenters. The molecule has 160 valence electrons. The molecule has 0 aliphatic carbocycles. The minimum absolute atomic E-state index is 0.257. The van der Waals surface area contributed by atoms with Crippen LogP contribution in [0.4, 0.5) is 5.95 Å². The molecule has 2 aromatic heterocycles. The number of imidazole rings is 1.